The minimum Gasteiger partial charge on any atom is -0.398 e. The third kappa shape index (κ3) is 2.65. The Kier molecular flexibility index (Phi) is 3.68. The van der Waals surface area contributed by atoms with E-state index in [2.05, 4.69) is 16.8 Å². The molecule has 3 nitrogen and oxygen atoms in total. The van der Waals surface area contributed by atoms with E-state index >= 15 is 0 Å². The van der Waals surface area contributed by atoms with Gasteiger partial charge in [0.25, 0.3) is 5.91 Å². The van der Waals surface area contributed by atoms with E-state index in [0.29, 0.717) is 11.3 Å². The maximum atomic E-state index is 13.7. The van der Waals surface area contributed by atoms with E-state index in [0.717, 1.165) is 19.3 Å². The Labute approximate surface area is 127 Å². The fraction of sp³-hybridized carbons (Fsp3) is 0.312. The zero-order valence-electron chi connectivity index (χ0n) is 11.8. The molecule has 0 saturated carbocycles. The summed E-state index contributed by atoms with van der Waals surface area (Å²) in [5.74, 6) is -0.718. The van der Waals surface area contributed by atoms with E-state index in [4.69, 9.17) is 5.73 Å². The Balaban J connectivity index is 1.82. The van der Waals surface area contributed by atoms with Gasteiger partial charge >= 0.3 is 0 Å². The minimum atomic E-state index is -0.444. The standard InChI is InChI=1S/C16H17FN2OS/c1-9-12(17)7-10(8-13(9)18)16(20)19-14-3-2-4-15-11(14)5-6-21-15/h5-8,14H,2-4,18H2,1H3,(H,19,20). The molecule has 0 aliphatic heterocycles. The molecule has 3 rings (SSSR count). The normalized spacial score (nSPS) is 17.3. The molecule has 1 aromatic heterocycles. The summed E-state index contributed by atoms with van der Waals surface area (Å²) < 4.78 is 13.7. The van der Waals surface area contributed by atoms with Crippen LogP contribution in [0.1, 0.15) is 45.2 Å². The fourth-order valence-electron chi connectivity index (χ4n) is 2.71. The minimum absolute atomic E-state index is 0.0121. The fourth-order valence-corrected chi connectivity index (χ4v) is 3.70. The number of nitrogen functional groups attached to an aromatic ring is 1. The molecular formula is C16H17FN2OS. The number of nitrogens with one attached hydrogen (secondary N) is 1. The van der Waals surface area contributed by atoms with Crippen molar-refractivity contribution in [3.05, 3.63) is 51.0 Å². The third-order valence-electron chi connectivity index (χ3n) is 4.00. The number of fused-ring (bicyclic) bond motifs is 1. The summed E-state index contributed by atoms with van der Waals surface area (Å²) in [6.45, 7) is 1.60. The van der Waals surface area contributed by atoms with Crippen LogP contribution in [0.25, 0.3) is 0 Å². The first kappa shape index (κ1) is 14.1. The predicted molar refractivity (Wildman–Crippen MR) is 83.0 cm³/mol. The number of anilines is 1. The largest absolute Gasteiger partial charge is 0.398 e. The lowest BCUT2D eigenvalue weighted by molar-refractivity contribution is 0.0932. The number of thiophene rings is 1. The molecule has 0 radical (unpaired) electrons. The SMILES string of the molecule is Cc1c(N)cc(C(=O)NC2CCCc3sccc32)cc1F. The molecule has 1 amide bonds. The number of aryl methyl sites for hydroxylation is 1. The number of carbonyl (C=O) groups excluding carboxylic acids is 1. The van der Waals surface area contributed by atoms with Crippen LogP contribution in [0.5, 0.6) is 0 Å². The molecule has 1 aliphatic rings. The van der Waals surface area contributed by atoms with Crippen molar-refractivity contribution >= 4 is 22.9 Å². The van der Waals surface area contributed by atoms with Crippen LogP contribution in [0.3, 0.4) is 0 Å². The second kappa shape index (κ2) is 5.48. The summed E-state index contributed by atoms with van der Waals surface area (Å²) in [4.78, 5) is 13.7. The van der Waals surface area contributed by atoms with Gasteiger partial charge in [0.2, 0.25) is 0 Å². The van der Waals surface area contributed by atoms with Gasteiger partial charge in [0.15, 0.2) is 0 Å². The average Bonchev–Trinajstić information content (AvgIpc) is 2.93. The summed E-state index contributed by atoms with van der Waals surface area (Å²) in [5.41, 5.74) is 7.89. The van der Waals surface area contributed by atoms with E-state index < -0.39 is 5.82 Å². The van der Waals surface area contributed by atoms with Crippen molar-refractivity contribution < 1.29 is 9.18 Å². The number of nitrogens with two attached hydrogens (primary N) is 1. The van der Waals surface area contributed by atoms with Gasteiger partial charge in [-0.2, -0.15) is 0 Å². The molecule has 0 fully saturated rings. The molecule has 1 atom stereocenters. The van der Waals surface area contributed by atoms with E-state index in [1.54, 1.807) is 18.3 Å². The van der Waals surface area contributed by atoms with Gasteiger partial charge in [-0.1, -0.05) is 0 Å². The molecule has 1 aromatic carbocycles. The topological polar surface area (TPSA) is 55.1 Å². The summed E-state index contributed by atoms with van der Waals surface area (Å²) >= 11 is 1.73. The van der Waals surface area contributed by atoms with Gasteiger partial charge in [-0.25, -0.2) is 4.39 Å². The smallest absolute Gasteiger partial charge is 0.251 e. The summed E-state index contributed by atoms with van der Waals surface area (Å²) in [6.07, 6.45) is 3.05. The van der Waals surface area contributed by atoms with E-state index in [1.807, 2.05) is 0 Å². The van der Waals surface area contributed by atoms with Gasteiger partial charge in [-0.05, 0) is 55.3 Å². The first-order chi connectivity index (χ1) is 10.1. The Bertz CT molecular complexity index is 672. The number of benzene rings is 1. The number of carbonyl (C=O) groups is 1. The van der Waals surface area contributed by atoms with Crippen molar-refractivity contribution in [3.63, 3.8) is 0 Å². The molecule has 0 saturated heterocycles. The van der Waals surface area contributed by atoms with E-state index in [-0.39, 0.29) is 17.5 Å². The number of hydrogen-bond donors (Lipinski definition) is 2. The highest BCUT2D eigenvalue weighted by atomic mass is 32.1. The summed E-state index contributed by atoms with van der Waals surface area (Å²) in [7, 11) is 0. The molecule has 110 valence electrons. The van der Waals surface area contributed by atoms with Crippen LogP contribution in [-0.2, 0) is 6.42 Å². The Morgan fingerprint density at radius 2 is 2.29 bits per heavy atom. The van der Waals surface area contributed by atoms with Crippen LogP contribution >= 0.6 is 11.3 Å². The highest BCUT2D eigenvalue weighted by Crippen LogP contribution is 2.33. The van der Waals surface area contributed by atoms with Gasteiger partial charge in [-0.15, -0.1) is 11.3 Å². The molecule has 1 aliphatic carbocycles. The van der Waals surface area contributed by atoms with E-state index in [9.17, 15) is 9.18 Å². The van der Waals surface area contributed by atoms with Crippen molar-refractivity contribution in [1.29, 1.82) is 0 Å². The first-order valence-corrected chi connectivity index (χ1v) is 7.87. The summed E-state index contributed by atoms with van der Waals surface area (Å²) in [5, 5.41) is 5.05. The average molecular weight is 304 g/mol. The van der Waals surface area contributed by atoms with Crippen molar-refractivity contribution in [2.24, 2.45) is 0 Å². The molecule has 1 heterocycles. The molecule has 0 bridgehead atoms. The van der Waals surface area contributed by atoms with Crippen molar-refractivity contribution in [2.75, 3.05) is 5.73 Å². The number of amides is 1. The summed E-state index contributed by atoms with van der Waals surface area (Å²) in [6, 6.07) is 4.86. The quantitative estimate of drug-likeness (QED) is 0.833. The van der Waals surface area contributed by atoms with Crippen molar-refractivity contribution in [3.8, 4) is 0 Å². The van der Waals surface area contributed by atoms with Crippen LogP contribution in [-0.4, -0.2) is 5.91 Å². The third-order valence-corrected chi connectivity index (χ3v) is 5.00. The molecule has 1 unspecified atom stereocenters. The van der Waals surface area contributed by atoms with Crippen LogP contribution in [0, 0.1) is 12.7 Å². The molecule has 3 N–H and O–H groups in total. The molecule has 21 heavy (non-hydrogen) atoms. The zero-order valence-corrected chi connectivity index (χ0v) is 12.6. The van der Waals surface area contributed by atoms with Gasteiger partial charge in [0.05, 0.1) is 6.04 Å². The number of rotatable bonds is 2. The van der Waals surface area contributed by atoms with Crippen LogP contribution < -0.4 is 11.1 Å². The first-order valence-electron chi connectivity index (χ1n) is 6.99. The highest BCUT2D eigenvalue weighted by Gasteiger charge is 2.23. The van der Waals surface area contributed by atoms with Crippen LogP contribution in [0.2, 0.25) is 0 Å². The number of halogens is 1. The van der Waals surface area contributed by atoms with E-state index in [1.165, 1.54) is 22.6 Å². The molecule has 0 spiro atoms. The Morgan fingerprint density at radius 3 is 3.05 bits per heavy atom. The lowest BCUT2D eigenvalue weighted by atomic mass is 9.93. The van der Waals surface area contributed by atoms with Crippen LogP contribution in [0.15, 0.2) is 23.6 Å². The lowest BCUT2D eigenvalue weighted by Crippen LogP contribution is -2.30. The molecule has 5 heteroatoms. The van der Waals surface area contributed by atoms with Gasteiger partial charge in [-0.3, -0.25) is 4.79 Å². The van der Waals surface area contributed by atoms with Gasteiger partial charge in [0.1, 0.15) is 5.82 Å². The van der Waals surface area contributed by atoms with Crippen LogP contribution in [0.4, 0.5) is 10.1 Å². The lowest BCUT2D eigenvalue weighted by Gasteiger charge is -2.23. The monoisotopic (exact) mass is 304 g/mol. The number of hydrogen-bond acceptors (Lipinski definition) is 3. The predicted octanol–water partition coefficient (Wildman–Crippen LogP) is 3.59. The van der Waals surface area contributed by atoms with Gasteiger partial charge < -0.3 is 11.1 Å². The molecular weight excluding hydrogens is 287 g/mol. The second-order valence-electron chi connectivity index (χ2n) is 5.39. The Hall–Kier alpha value is -1.88. The maximum Gasteiger partial charge on any atom is 0.251 e. The zero-order chi connectivity index (χ0) is 15.0. The highest BCUT2D eigenvalue weighted by molar-refractivity contribution is 7.10. The maximum absolute atomic E-state index is 13.7. The van der Waals surface area contributed by atoms with Gasteiger partial charge in [0, 0.05) is 21.7 Å². The van der Waals surface area contributed by atoms with Crippen molar-refractivity contribution in [1.82, 2.24) is 5.32 Å². The Morgan fingerprint density at radius 1 is 1.48 bits per heavy atom. The molecule has 2 aromatic rings. The van der Waals surface area contributed by atoms with Crippen molar-refractivity contribution in [2.45, 2.75) is 32.2 Å². The second-order valence-corrected chi connectivity index (χ2v) is 6.39.